The number of benzene rings is 3. The molecule has 0 aliphatic heterocycles. The van der Waals surface area contributed by atoms with Crippen LogP contribution in [0.2, 0.25) is 0 Å². The Balaban J connectivity index is 1.57. The van der Waals surface area contributed by atoms with Gasteiger partial charge in [-0.1, -0.05) is 89.4 Å². The lowest BCUT2D eigenvalue weighted by Crippen LogP contribution is -2.42. The SMILES string of the molecule is COc1cccc(-n2c(SCc3ccc(Br)cc3)nc3c(c2=O)C2(CCCCC2)Cc2ccccc2-3)c1. The largest absolute Gasteiger partial charge is 0.497 e. The van der Waals surface area contributed by atoms with Crippen molar-refractivity contribution < 1.29 is 4.74 Å². The van der Waals surface area contributed by atoms with Gasteiger partial charge in [-0.3, -0.25) is 9.36 Å². The number of hydrogen-bond donors (Lipinski definition) is 0. The Morgan fingerprint density at radius 2 is 1.78 bits per heavy atom. The zero-order valence-electron chi connectivity index (χ0n) is 20.9. The van der Waals surface area contributed by atoms with E-state index in [1.54, 1.807) is 18.9 Å². The highest BCUT2D eigenvalue weighted by molar-refractivity contribution is 9.10. The van der Waals surface area contributed by atoms with E-state index >= 15 is 0 Å². The number of hydrogen-bond acceptors (Lipinski definition) is 4. The van der Waals surface area contributed by atoms with E-state index in [9.17, 15) is 4.79 Å². The van der Waals surface area contributed by atoms with Crippen LogP contribution in [-0.2, 0) is 17.6 Å². The number of nitrogens with zero attached hydrogens (tertiary/aromatic N) is 2. The molecule has 0 N–H and O–H groups in total. The first-order valence-electron chi connectivity index (χ1n) is 12.9. The zero-order valence-corrected chi connectivity index (χ0v) is 23.3. The Labute approximate surface area is 230 Å². The van der Waals surface area contributed by atoms with Crippen LogP contribution in [0.5, 0.6) is 5.75 Å². The van der Waals surface area contributed by atoms with Crippen LogP contribution < -0.4 is 10.3 Å². The molecule has 0 saturated heterocycles. The number of halogens is 1. The fourth-order valence-electron chi connectivity index (χ4n) is 5.99. The normalized spacial score (nSPS) is 15.7. The van der Waals surface area contributed by atoms with Gasteiger partial charge in [0.25, 0.3) is 5.56 Å². The fraction of sp³-hybridized carbons (Fsp3) is 0.290. The van der Waals surface area contributed by atoms with Gasteiger partial charge in [0.05, 0.1) is 24.1 Å². The number of rotatable bonds is 5. The van der Waals surface area contributed by atoms with Crippen LogP contribution in [0.4, 0.5) is 0 Å². The van der Waals surface area contributed by atoms with Crippen molar-refractivity contribution in [3.8, 4) is 22.7 Å². The van der Waals surface area contributed by atoms with Crippen LogP contribution in [0.25, 0.3) is 16.9 Å². The lowest BCUT2D eigenvalue weighted by atomic mass is 9.62. The van der Waals surface area contributed by atoms with Crippen molar-refractivity contribution in [1.29, 1.82) is 0 Å². The highest BCUT2D eigenvalue weighted by Crippen LogP contribution is 2.49. The Morgan fingerprint density at radius 1 is 1.00 bits per heavy atom. The molecule has 2 aliphatic rings. The molecule has 1 spiro atoms. The lowest BCUT2D eigenvalue weighted by molar-refractivity contribution is 0.283. The first kappa shape index (κ1) is 24.5. The van der Waals surface area contributed by atoms with E-state index in [0.29, 0.717) is 5.16 Å². The standard InChI is InChI=1S/C31H29BrN2O2S/c1-36-25-10-7-9-24(18-25)34-29(35)27-28(33-30(34)37-20-21-12-14-23(32)15-13-21)26-11-4-3-8-22(26)19-31(27)16-5-2-6-17-31/h3-4,7-15,18H,2,5-6,16-17,19-20H2,1H3. The molecule has 1 saturated carbocycles. The molecule has 2 aliphatic carbocycles. The number of aromatic nitrogens is 2. The van der Waals surface area contributed by atoms with Gasteiger partial charge >= 0.3 is 0 Å². The molecule has 1 fully saturated rings. The minimum Gasteiger partial charge on any atom is -0.497 e. The average molecular weight is 574 g/mol. The van der Waals surface area contributed by atoms with Crippen molar-refractivity contribution in [2.75, 3.05) is 7.11 Å². The van der Waals surface area contributed by atoms with Crippen LogP contribution >= 0.6 is 27.7 Å². The molecular formula is C31H29BrN2O2S. The van der Waals surface area contributed by atoms with Crippen molar-refractivity contribution in [3.63, 3.8) is 0 Å². The summed E-state index contributed by atoms with van der Waals surface area (Å²) in [7, 11) is 1.66. The minimum absolute atomic E-state index is 0.0629. The third-order valence-electron chi connectivity index (χ3n) is 7.79. The Hall–Kier alpha value is -2.83. The van der Waals surface area contributed by atoms with Crippen molar-refractivity contribution in [1.82, 2.24) is 9.55 Å². The maximum Gasteiger partial charge on any atom is 0.263 e. The Bertz CT molecular complexity index is 1510. The molecule has 6 heteroatoms. The molecular weight excluding hydrogens is 544 g/mol. The van der Waals surface area contributed by atoms with E-state index in [0.717, 1.165) is 70.6 Å². The Kier molecular flexibility index (Phi) is 6.72. The van der Waals surface area contributed by atoms with Crippen LogP contribution in [-0.4, -0.2) is 16.7 Å². The van der Waals surface area contributed by atoms with Gasteiger partial charge in [0, 0.05) is 27.3 Å². The summed E-state index contributed by atoms with van der Waals surface area (Å²) in [5.41, 5.74) is 6.09. The van der Waals surface area contributed by atoms with E-state index < -0.39 is 0 Å². The zero-order chi connectivity index (χ0) is 25.4. The molecule has 6 rings (SSSR count). The second-order valence-electron chi connectivity index (χ2n) is 10.1. The van der Waals surface area contributed by atoms with Gasteiger partial charge < -0.3 is 4.74 Å². The second-order valence-corrected chi connectivity index (χ2v) is 11.9. The van der Waals surface area contributed by atoms with E-state index in [-0.39, 0.29) is 11.0 Å². The molecule has 0 radical (unpaired) electrons. The molecule has 1 aromatic heterocycles. The van der Waals surface area contributed by atoms with Gasteiger partial charge in [0.2, 0.25) is 0 Å². The number of fused-ring (bicyclic) bond motifs is 4. The van der Waals surface area contributed by atoms with Gasteiger partial charge in [-0.05, 0) is 54.7 Å². The van der Waals surface area contributed by atoms with E-state index in [4.69, 9.17) is 9.72 Å². The van der Waals surface area contributed by atoms with Gasteiger partial charge in [0.15, 0.2) is 5.16 Å². The molecule has 0 atom stereocenters. The highest BCUT2D eigenvalue weighted by atomic mass is 79.9. The van der Waals surface area contributed by atoms with Gasteiger partial charge in [-0.25, -0.2) is 4.98 Å². The average Bonchev–Trinajstić information content (AvgIpc) is 2.93. The van der Waals surface area contributed by atoms with Crippen molar-refractivity contribution in [2.45, 2.75) is 54.8 Å². The Morgan fingerprint density at radius 3 is 2.57 bits per heavy atom. The van der Waals surface area contributed by atoms with Crippen molar-refractivity contribution in [3.05, 3.63) is 104 Å². The van der Waals surface area contributed by atoms with Gasteiger partial charge in [-0.2, -0.15) is 0 Å². The smallest absolute Gasteiger partial charge is 0.263 e. The predicted octanol–water partition coefficient (Wildman–Crippen LogP) is 7.72. The maximum absolute atomic E-state index is 14.6. The molecule has 4 aromatic rings. The molecule has 188 valence electrons. The molecule has 37 heavy (non-hydrogen) atoms. The molecule has 1 heterocycles. The van der Waals surface area contributed by atoms with E-state index in [1.807, 2.05) is 28.8 Å². The molecule has 4 nitrogen and oxygen atoms in total. The summed E-state index contributed by atoms with van der Waals surface area (Å²) in [5, 5.41) is 0.711. The quantitative estimate of drug-likeness (QED) is 0.181. The third-order valence-corrected chi connectivity index (χ3v) is 9.33. The van der Waals surface area contributed by atoms with Gasteiger partial charge in [-0.15, -0.1) is 0 Å². The fourth-order valence-corrected chi connectivity index (χ4v) is 7.22. The van der Waals surface area contributed by atoms with Crippen molar-refractivity contribution >= 4 is 27.7 Å². The summed E-state index contributed by atoms with van der Waals surface area (Å²) in [4.78, 5) is 19.9. The second kappa shape index (κ2) is 10.1. The summed E-state index contributed by atoms with van der Waals surface area (Å²) in [6.45, 7) is 0. The van der Waals surface area contributed by atoms with E-state index in [2.05, 4.69) is 64.5 Å². The molecule has 0 unspecified atom stereocenters. The summed E-state index contributed by atoms with van der Waals surface area (Å²) < 4.78 is 8.40. The third kappa shape index (κ3) is 4.55. The van der Waals surface area contributed by atoms with Crippen LogP contribution in [0, 0.1) is 0 Å². The summed E-state index contributed by atoms with van der Waals surface area (Å²) in [5.74, 6) is 1.44. The predicted molar refractivity (Wildman–Crippen MR) is 154 cm³/mol. The first-order chi connectivity index (χ1) is 18.1. The number of ether oxygens (including phenoxy) is 1. The van der Waals surface area contributed by atoms with Crippen molar-refractivity contribution in [2.24, 2.45) is 0 Å². The summed E-state index contributed by atoms with van der Waals surface area (Å²) in [6.07, 6.45) is 6.53. The summed E-state index contributed by atoms with van der Waals surface area (Å²) >= 11 is 5.13. The summed E-state index contributed by atoms with van der Waals surface area (Å²) in [6, 6.07) is 24.6. The minimum atomic E-state index is -0.151. The van der Waals surface area contributed by atoms with E-state index in [1.165, 1.54) is 17.5 Å². The van der Waals surface area contributed by atoms with Crippen LogP contribution in [0.15, 0.2) is 87.2 Å². The molecule has 3 aromatic carbocycles. The monoisotopic (exact) mass is 572 g/mol. The highest BCUT2D eigenvalue weighted by Gasteiger charge is 2.43. The van der Waals surface area contributed by atoms with Crippen LogP contribution in [0.3, 0.4) is 0 Å². The maximum atomic E-state index is 14.6. The molecule has 0 bridgehead atoms. The topological polar surface area (TPSA) is 44.1 Å². The lowest BCUT2D eigenvalue weighted by Gasteiger charge is -2.42. The number of thioether (sulfide) groups is 1. The van der Waals surface area contributed by atoms with Gasteiger partial charge in [0.1, 0.15) is 5.75 Å². The number of methoxy groups -OCH3 is 1. The molecule has 0 amide bonds. The van der Waals surface area contributed by atoms with Crippen LogP contribution in [0.1, 0.15) is 48.8 Å². The first-order valence-corrected chi connectivity index (χ1v) is 14.6.